The van der Waals surface area contributed by atoms with Crippen molar-refractivity contribution in [2.24, 2.45) is 23.1 Å². The van der Waals surface area contributed by atoms with Crippen molar-refractivity contribution in [3.63, 3.8) is 0 Å². The molecule has 1 rings (SSSR count). The number of carboxylic acid groups (broad SMARTS) is 3. The van der Waals surface area contributed by atoms with Crippen LogP contribution in [0, 0.1) is 5.92 Å². The molecule has 15 N–H and O–H groups in total. The third kappa shape index (κ3) is 17.6. The number of nitrogens with two attached hydrogens (primary N) is 3. The molecule has 0 bridgehead atoms. The maximum absolute atomic E-state index is 13.8. The lowest BCUT2D eigenvalue weighted by atomic mass is 9.98. The highest BCUT2D eigenvalue weighted by Gasteiger charge is 2.36. The predicted molar refractivity (Wildman–Crippen MR) is 195 cm³/mol. The van der Waals surface area contributed by atoms with Gasteiger partial charge in [-0.25, -0.2) is 4.79 Å². The topological polar surface area (TPSA) is 399 Å². The molecule has 1 aromatic rings. The van der Waals surface area contributed by atoms with Crippen LogP contribution >= 0.6 is 0 Å². The van der Waals surface area contributed by atoms with E-state index in [4.69, 9.17) is 17.2 Å². The smallest absolute Gasteiger partial charge is 0.326 e. The molecule has 0 aliphatic heterocycles. The van der Waals surface area contributed by atoms with E-state index in [1.54, 1.807) is 25.1 Å². The first-order valence-electron chi connectivity index (χ1n) is 17.4. The minimum atomic E-state index is -2.02. The van der Waals surface area contributed by atoms with Crippen molar-refractivity contribution in [3.05, 3.63) is 35.9 Å². The molecule has 0 heterocycles. The Morgan fingerprint density at radius 3 is 1.25 bits per heavy atom. The van der Waals surface area contributed by atoms with E-state index in [0.717, 1.165) is 0 Å². The first-order chi connectivity index (χ1) is 26.5. The SMILES string of the molecule is CC[C@H](C)[C@H](NC(=O)[C@H](CC(=O)O)NC(=O)[C@H](CC(=O)O)NC(=O)[C@H](Cc1ccccc1)NC(=O)[C@H](CC(N)=O)NC(=O)[C@H](CC(N)=O)NC(=O)[C@H](C)N)C(=O)O. The summed E-state index contributed by atoms with van der Waals surface area (Å²) in [5.41, 5.74) is 16.4. The minimum Gasteiger partial charge on any atom is -0.481 e. The van der Waals surface area contributed by atoms with E-state index in [2.05, 4.69) is 26.6 Å². The highest BCUT2D eigenvalue weighted by atomic mass is 16.4. The van der Waals surface area contributed by atoms with Crippen LogP contribution in [0.3, 0.4) is 0 Å². The average molecular weight is 808 g/mol. The Kier molecular flexibility index (Phi) is 19.8. The molecule has 0 aromatic heterocycles. The number of hydrogen-bond donors (Lipinski definition) is 12. The van der Waals surface area contributed by atoms with Gasteiger partial charge in [-0.05, 0) is 18.4 Å². The van der Waals surface area contributed by atoms with Crippen LogP contribution in [0.5, 0.6) is 0 Å². The van der Waals surface area contributed by atoms with E-state index >= 15 is 0 Å². The number of carbonyl (C=O) groups is 11. The average Bonchev–Trinajstić information content (AvgIpc) is 3.11. The van der Waals surface area contributed by atoms with Gasteiger partial charge < -0.3 is 64.4 Å². The molecular formula is C34H49N9O14. The summed E-state index contributed by atoms with van der Waals surface area (Å²) in [6.45, 7) is 4.41. The van der Waals surface area contributed by atoms with Gasteiger partial charge in [0.2, 0.25) is 47.3 Å². The monoisotopic (exact) mass is 807 g/mol. The normalized spacial score (nSPS) is 14.9. The van der Waals surface area contributed by atoms with Crippen molar-refractivity contribution in [2.45, 2.75) is 102 Å². The first kappa shape index (κ1) is 48.4. The van der Waals surface area contributed by atoms with Crippen LogP contribution in [-0.2, 0) is 59.2 Å². The Balaban J connectivity index is 3.48. The van der Waals surface area contributed by atoms with Crippen LogP contribution in [0.15, 0.2) is 30.3 Å². The molecular weight excluding hydrogens is 758 g/mol. The van der Waals surface area contributed by atoms with Gasteiger partial charge in [0.1, 0.15) is 36.3 Å². The van der Waals surface area contributed by atoms with Gasteiger partial charge >= 0.3 is 17.9 Å². The van der Waals surface area contributed by atoms with Crippen molar-refractivity contribution >= 4 is 65.2 Å². The van der Waals surface area contributed by atoms with Crippen LogP contribution in [0.2, 0.25) is 0 Å². The number of aliphatic carboxylic acids is 3. The molecule has 0 aliphatic carbocycles. The number of carbonyl (C=O) groups excluding carboxylic acids is 8. The summed E-state index contributed by atoms with van der Waals surface area (Å²) in [6.07, 6.45) is -3.90. The molecule has 23 heteroatoms. The van der Waals surface area contributed by atoms with Crippen molar-refractivity contribution in [1.29, 1.82) is 0 Å². The molecule has 0 saturated heterocycles. The Morgan fingerprint density at radius 2 is 0.895 bits per heavy atom. The Hall–Kier alpha value is -6.65. The summed E-state index contributed by atoms with van der Waals surface area (Å²) in [5.74, 6) is -14.6. The second kappa shape index (κ2) is 23.3. The molecule has 57 heavy (non-hydrogen) atoms. The van der Waals surface area contributed by atoms with Crippen molar-refractivity contribution in [3.8, 4) is 0 Å². The zero-order chi connectivity index (χ0) is 43.6. The number of amides is 8. The largest absolute Gasteiger partial charge is 0.481 e. The van der Waals surface area contributed by atoms with Gasteiger partial charge in [-0.2, -0.15) is 0 Å². The zero-order valence-corrected chi connectivity index (χ0v) is 31.3. The maximum Gasteiger partial charge on any atom is 0.326 e. The highest BCUT2D eigenvalue weighted by molar-refractivity contribution is 6.00. The van der Waals surface area contributed by atoms with Gasteiger partial charge in [0.25, 0.3) is 0 Å². The molecule has 1 aromatic carbocycles. The van der Waals surface area contributed by atoms with E-state index in [1.807, 2.05) is 5.32 Å². The van der Waals surface area contributed by atoms with Crippen LogP contribution < -0.4 is 49.1 Å². The summed E-state index contributed by atoms with van der Waals surface area (Å²) in [5, 5.41) is 41.5. The fourth-order valence-electron chi connectivity index (χ4n) is 4.98. The Morgan fingerprint density at radius 1 is 0.544 bits per heavy atom. The standard InChI is InChI=1S/C34H49N9O14/c1-4-15(2)27(34(56)57)43-33(55)22(14-26(48)49)42-32(54)21(13-25(46)47)41-29(51)18(10-17-8-6-5-7-9-17)39-31(53)20(12-24(37)45)40-30(52)19(11-23(36)44)38-28(50)16(3)35/h5-9,15-16,18-22,27H,4,10-14,35H2,1-3H3,(H2,36,44)(H2,37,45)(H,38,50)(H,39,53)(H,40,52)(H,41,51)(H,42,54)(H,43,55)(H,46,47)(H,48,49)(H,56,57)/t15-,16-,18-,19-,20-,21-,22-,27-/m0/s1. The second-order valence-electron chi connectivity index (χ2n) is 13.0. The molecule has 0 radical (unpaired) electrons. The number of nitrogens with one attached hydrogen (secondary N) is 6. The Labute approximate surface area is 325 Å². The van der Waals surface area contributed by atoms with E-state index in [-0.39, 0.29) is 6.42 Å². The van der Waals surface area contributed by atoms with Gasteiger partial charge in [0.15, 0.2) is 0 Å². The van der Waals surface area contributed by atoms with Crippen molar-refractivity contribution in [2.75, 3.05) is 0 Å². The highest BCUT2D eigenvalue weighted by Crippen LogP contribution is 2.10. The lowest BCUT2D eigenvalue weighted by molar-refractivity contribution is -0.145. The van der Waals surface area contributed by atoms with Gasteiger partial charge in [-0.15, -0.1) is 0 Å². The number of rotatable bonds is 25. The van der Waals surface area contributed by atoms with Crippen LogP contribution in [0.1, 0.15) is 58.4 Å². The van der Waals surface area contributed by atoms with E-state index in [0.29, 0.717) is 12.0 Å². The number of primary amides is 2. The van der Waals surface area contributed by atoms with E-state index < -0.39 is 139 Å². The molecule has 0 saturated carbocycles. The van der Waals surface area contributed by atoms with Gasteiger partial charge in [0, 0.05) is 6.42 Å². The van der Waals surface area contributed by atoms with Gasteiger partial charge in [-0.3, -0.25) is 47.9 Å². The van der Waals surface area contributed by atoms with Crippen molar-refractivity contribution in [1.82, 2.24) is 31.9 Å². The van der Waals surface area contributed by atoms with E-state index in [1.165, 1.54) is 26.0 Å². The molecule has 8 atom stereocenters. The molecule has 23 nitrogen and oxygen atoms in total. The number of hydrogen-bond acceptors (Lipinski definition) is 12. The van der Waals surface area contributed by atoms with E-state index in [9.17, 15) is 68.1 Å². The summed E-state index contributed by atoms with van der Waals surface area (Å²) in [4.78, 5) is 138. The second-order valence-corrected chi connectivity index (χ2v) is 13.0. The third-order valence-electron chi connectivity index (χ3n) is 8.21. The predicted octanol–water partition coefficient (Wildman–Crippen LogP) is -4.68. The molecule has 0 fully saturated rings. The van der Waals surface area contributed by atoms with Crippen molar-refractivity contribution < 1.29 is 68.1 Å². The van der Waals surface area contributed by atoms with Crippen LogP contribution in [0.4, 0.5) is 0 Å². The molecule has 0 spiro atoms. The zero-order valence-electron chi connectivity index (χ0n) is 31.3. The summed E-state index contributed by atoms with van der Waals surface area (Å²) in [7, 11) is 0. The first-order valence-corrected chi connectivity index (χ1v) is 17.4. The fraction of sp³-hybridized carbons (Fsp3) is 0.500. The minimum absolute atomic E-state index is 0.290. The maximum atomic E-state index is 13.8. The molecule has 8 amide bonds. The lowest BCUT2D eigenvalue weighted by Crippen LogP contribution is -2.61. The van der Waals surface area contributed by atoms with Gasteiger partial charge in [0.05, 0.1) is 31.7 Å². The van der Waals surface area contributed by atoms with Gasteiger partial charge in [-0.1, -0.05) is 50.6 Å². The van der Waals surface area contributed by atoms with Crippen LogP contribution in [0.25, 0.3) is 0 Å². The molecule has 0 aliphatic rings. The van der Waals surface area contributed by atoms with Crippen LogP contribution in [-0.4, -0.2) is 123 Å². The Bertz CT molecular complexity index is 1670. The number of benzene rings is 1. The summed E-state index contributed by atoms with van der Waals surface area (Å²) >= 11 is 0. The summed E-state index contributed by atoms with van der Waals surface area (Å²) in [6, 6.07) is -3.96. The molecule has 0 unspecified atom stereocenters. The quantitative estimate of drug-likeness (QED) is 0.0442. The third-order valence-corrected chi connectivity index (χ3v) is 8.21. The lowest BCUT2D eigenvalue weighted by Gasteiger charge is -2.27. The summed E-state index contributed by atoms with van der Waals surface area (Å²) < 4.78 is 0. The number of carboxylic acids is 3. The fourth-order valence-corrected chi connectivity index (χ4v) is 4.98. The molecule has 314 valence electrons.